The van der Waals surface area contributed by atoms with Crippen LogP contribution in [0.25, 0.3) is 0 Å². The number of fused-ring (bicyclic) bond motifs is 1. The first-order chi connectivity index (χ1) is 7.75. The Morgan fingerprint density at radius 2 is 2.31 bits per heavy atom. The van der Waals surface area contributed by atoms with Crippen molar-refractivity contribution in [1.29, 1.82) is 0 Å². The van der Waals surface area contributed by atoms with E-state index in [9.17, 15) is 10.1 Å². The summed E-state index contributed by atoms with van der Waals surface area (Å²) in [4.78, 5) is 14.4. The SMILES string of the molecule is O=[N+]([O-])c1ncn2c1C(NC1CC1)CCC2. The third-order valence-corrected chi connectivity index (χ3v) is 3.27. The number of aromatic nitrogens is 2. The molecule has 6 heteroatoms. The highest BCUT2D eigenvalue weighted by molar-refractivity contribution is 5.31. The smallest absolute Gasteiger partial charge is 0.358 e. The van der Waals surface area contributed by atoms with Crippen LogP contribution < -0.4 is 5.32 Å². The molecule has 1 unspecified atom stereocenters. The zero-order chi connectivity index (χ0) is 11.1. The third kappa shape index (κ3) is 1.59. The summed E-state index contributed by atoms with van der Waals surface area (Å²) in [7, 11) is 0. The standard InChI is InChI=1S/C10H14N4O2/c15-14(16)10-9-8(12-7-3-4-7)2-1-5-13(9)6-11-10/h6-8,12H,1-5H2. The lowest BCUT2D eigenvalue weighted by Crippen LogP contribution is -2.29. The summed E-state index contributed by atoms with van der Waals surface area (Å²) >= 11 is 0. The maximum Gasteiger partial charge on any atom is 0.386 e. The number of aryl methyl sites for hydroxylation is 1. The summed E-state index contributed by atoms with van der Waals surface area (Å²) < 4.78 is 1.92. The van der Waals surface area contributed by atoms with Gasteiger partial charge in [0.1, 0.15) is 5.69 Å². The van der Waals surface area contributed by atoms with E-state index in [2.05, 4.69) is 10.3 Å². The quantitative estimate of drug-likeness (QED) is 0.619. The van der Waals surface area contributed by atoms with Crippen LogP contribution in [0.3, 0.4) is 0 Å². The summed E-state index contributed by atoms with van der Waals surface area (Å²) in [5, 5.41) is 14.3. The predicted octanol–water partition coefficient (Wildman–Crippen LogP) is 1.38. The average Bonchev–Trinajstić information content (AvgIpc) is 2.95. The van der Waals surface area contributed by atoms with Crippen molar-refractivity contribution >= 4 is 5.82 Å². The molecule has 0 bridgehead atoms. The van der Waals surface area contributed by atoms with Crippen LogP contribution in [-0.4, -0.2) is 20.5 Å². The number of imidazole rings is 1. The number of hydrogen-bond donors (Lipinski definition) is 1. The largest absolute Gasteiger partial charge is 0.386 e. The monoisotopic (exact) mass is 222 g/mol. The summed E-state index contributed by atoms with van der Waals surface area (Å²) in [5.74, 6) is 0.0258. The van der Waals surface area contributed by atoms with E-state index >= 15 is 0 Å². The number of nitrogens with zero attached hydrogens (tertiary/aromatic N) is 3. The van der Waals surface area contributed by atoms with Crippen LogP contribution in [0.5, 0.6) is 0 Å². The van der Waals surface area contributed by atoms with Crippen LogP contribution in [0.1, 0.15) is 37.4 Å². The molecule has 1 saturated carbocycles. The van der Waals surface area contributed by atoms with Crippen molar-refractivity contribution in [3.63, 3.8) is 0 Å². The first kappa shape index (κ1) is 9.77. The molecule has 3 rings (SSSR count). The Bertz CT molecular complexity index is 424. The molecule has 16 heavy (non-hydrogen) atoms. The Kier molecular flexibility index (Phi) is 2.17. The Morgan fingerprint density at radius 3 is 3.00 bits per heavy atom. The zero-order valence-corrected chi connectivity index (χ0v) is 8.93. The fourth-order valence-electron chi connectivity index (χ4n) is 2.36. The summed E-state index contributed by atoms with van der Waals surface area (Å²) in [6.07, 6.45) is 6.01. The first-order valence-corrected chi connectivity index (χ1v) is 5.71. The fraction of sp³-hybridized carbons (Fsp3) is 0.700. The van der Waals surface area contributed by atoms with Crippen molar-refractivity contribution in [1.82, 2.24) is 14.9 Å². The van der Waals surface area contributed by atoms with E-state index < -0.39 is 0 Å². The van der Waals surface area contributed by atoms with Gasteiger partial charge in [-0.15, -0.1) is 0 Å². The molecule has 86 valence electrons. The molecule has 0 spiro atoms. The highest BCUT2D eigenvalue weighted by atomic mass is 16.6. The Balaban J connectivity index is 1.93. The van der Waals surface area contributed by atoms with Crippen molar-refractivity contribution in [2.24, 2.45) is 0 Å². The molecule has 1 fully saturated rings. The molecule has 2 aliphatic rings. The molecule has 1 atom stereocenters. The maximum absolute atomic E-state index is 10.9. The maximum atomic E-state index is 10.9. The van der Waals surface area contributed by atoms with Crippen LogP contribution in [0.4, 0.5) is 5.82 Å². The number of nitrogens with one attached hydrogen (secondary N) is 1. The van der Waals surface area contributed by atoms with Gasteiger partial charge in [-0.2, -0.15) is 0 Å². The van der Waals surface area contributed by atoms with Gasteiger partial charge in [-0.3, -0.25) is 0 Å². The molecule has 6 nitrogen and oxygen atoms in total. The zero-order valence-electron chi connectivity index (χ0n) is 8.93. The molecular formula is C10H14N4O2. The third-order valence-electron chi connectivity index (χ3n) is 3.27. The van der Waals surface area contributed by atoms with Crippen molar-refractivity contribution in [3.8, 4) is 0 Å². The molecule has 2 heterocycles. The van der Waals surface area contributed by atoms with Gasteiger partial charge in [0.15, 0.2) is 0 Å². The van der Waals surface area contributed by atoms with Gasteiger partial charge in [0.25, 0.3) is 0 Å². The van der Waals surface area contributed by atoms with Crippen LogP contribution in [-0.2, 0) is 6.54 Å². The predicted molar refractivity (Wildman–Crippen MR) is 57.0 cm³/mol. The van der Waals surface area contributed by atoms with Gasteiger partial charge in [-0.05, 0) is 35.6 Å². The molecule has 0 amide bonds. The topological polar surface area (TPSA) is 73.0 Å². The lowest BCUT2D eigenvalue weighted by atomic mass is 10.0. The molecule has 1 aliphatic heterocycles. The normalized spacial score (nSPS) is 24.1. The van der Waals surface area contributed by atoms with Gasteiger partial charge < -0.3 is 20.0 Å². The molecule has 1 aromatic rings. The lowest BCUT2D eigenvalue weighted by molar-refractivity contribution is -0.390. The Morgan fingerprint density at radius 1 is 1.50 bits per heavy atom. The first-order valence-electron chi connectivity index (χ1n) is 5.71. The molecule has 1 N–H and O–H groups in total. The van der Waals surface area contributed by atoms with E-state index in [1.807, 2.05) is 4.57 Å². The van der Waals surface area contributed by atoms with Gasteiger partial charge in [0, 0.05) is 12.6 Å². The Labute approximate surface area is 92.8 Å². The minimum atomic E-state index is -0.376. The highest BCUT2D eigenvalue weighted by Gasteiger charge is 2.34. The summed E-state index contributed by atoms with van der Waals surface area (Å²) in [6, 6.07) is 0.676. The van der Waals surface area contributed by atoms with Crippen molar-refractivity contribution in [3.05, 3.63) is 22.1 Å². The lowest BCUT2D eigenvalue weighted by Gasteiger charge is -2.23. The van der Waals surface area contributed by atoms with Gasteiger partial charge in [-0.25, -0.2) is 0 Å². The van der Waals surface area contributed by atoms with Crippen molar-refractivity contribution < 1.29 is 4.92 Å². The number of nitro groups is 1. The van der Waals surface area contributed by atoms with E-state index in [0.717, 1.165) is 25.1 Å². The van der Waals surface area contributed by atoms with Crippen LogP contribution in [0, 0.1) is 10.1 Å². The second-order valence-electron chi connectivity index (χ2n) is 4.54. The van der Waals surface area contributed by atoms with Crippen LogP contribution >= 0.6 is 0 Å². The van der Waals surface area contributed by atoms with E-state index in [4.69, 9.17) is 0 Å². The second-order valence-corrected chi connectivity index (χ2v) is 4.54. The van der Waals surface area contributed by atoms with Gasteiger partial charge >= 0.3 is 5.82 Å². The van der Waals surface area contributed by atoms with Gasteiger partial charge in [-0.1, -0.05) is 0 Å². The van der Waals surface area contributed by atoms with Gasteiger partial charge in [0.05, 0.1) is 6.04 Å². The van der Waals surface area contributed by atoms with E-state index in [-0.39, 0.29) is 16.8 Å². The van der Waals surface area contributed by atoms with Crippen molar-refractivity contribution in [2.45, 2.75) is 44.3 Å². The average molecular weight is 222 g/mol. The van der Waals surface area contributed by atoms with Crippen molar-refractivity contribution in [2.75, 3.05) is 0 Å². The fourth-order valence-corrected chi connectivity index (χ4v) is 2.36. The minimum Gasteiger partial charge on any atom is -0.358 e. The minimum absolute atomic E-state index is 0.0258. The molecule has 1 aromatic heterocycles. The van der Waals surface area contributed by atoms with E-state index in [1.165, 1.54) is 12.8 Å². The van der Waals surface area contributed by atoms with Crippen LogP contribution in [0.15, 0.2) is 6.33 Å². The van der Waals surface area contributed by atoms with Crippen LogP contribution in [0.2, 0.25) is 0 Å². The number of rotatable bonds is 3. The number of hydrogen-bond acceptors (Lipinski definition) is 4. The molecule has 0 saturated heterocycles. The molecule has 0 aromatic carbocycles. The second kappa shape index (κ2) is 3.55. The highest BCUT2D eigenvalue weighted by Crippen LogP contribution is 2.34. The summed E-state index contributed by atoms with van der Waals surface area (Å²) in [5.41, 5.74) is 0.767. The van der Waals surface area contributed by atoms with E-state index in [0.29, 0.717) is 6.04 Å². The van der Waals surface area contributed by atoms with Gasteiger partial charge in [0.2, 0.25) is 6.33 Å². The summed E-state index contributed by atoms with van der Waals surface area (Å²) in [6.45, 7) is 0.846. The Hall–Kier alpha value is -1.43. The molecule has 1 aliphatic carbocycles. The van der Waals surface area contributed by atoms with E-state index in [1.54, 1.807) is 6.33 Å². The molecular weight excluding hydrogens is 208 g/mol. The molecule has 0 radical (unpaired) electrons.